The minimum absolute atomic E-state index is 0.190. The Morgan fingerprint density at radius 3 is 2.89 bits per heavy atom. The van der Waals surface area contributed by atoms with Gasteiger partial charge in [0.2, 0.25) is 6.29 Å². The maximum Gasteiger partial charge on any atom is 0.368 e. The molecule has 0 spiro atoms. The van der Waals surface area contributed by atoms with Crippen LogP contribution < -0.4 is 10.7 Å². The van der Waals surface area contributed by atoms with E-state index in [0.29, 0.717) is 10.7 Å². The summed E-state index contributed by atoms with van der Waals surface area (Å²) in [5.74, 6) is -0.590. The smallest absolute Gasteiger partial charge is 0.368 e. The van der Waals surface area contributed by atoms with E-state index in [1.165, 1.54) is 18.2 Å². The summed E-state index contributed by atoms with van der Waals surface area (Å²) in [6, 6.07) is 3.87. The minimum Gasteiger partial charge on any atom is -0.429 e. The van der Waals surface area contributed by atoms with E-state index in [9.17, 15) is 9.59 Å². The summed E-state index contributed by atoms with van der Waals surface area (Å²) in [6.07, 6.45) is -1.14. The summed E-state index contributed by atoms with van der Waals surface area (Å²) in [5.41, 5.74) is 0.259. The number of carbonyl (C=O) groups excluding carboxylic acids is 2. The molecule has 1 fully saturated rings. The molecular weight excluding hydrogens is 240 g/mol. The van der Waals surface area contributed by atoms with Crippen molar-refractivity contribution in [2.45, 2.75) is 12.4 Å². The number of ether oxygens (including phenoxy) is 2. The molecular formula is C11H8N2O5. The monoisotopic (exact) mass is 248 g/mol. The topological polar surface area (TPSA) is 101 Å². The molecule has 18 heavy (non-hydrogen) atoms. The second kappa shape index (κ2) is 3.97. The van der Waals surface area contributed by atoms with E-state index in [0.717, 1.165) is 0 Å². The Bertz CT molecular complexity index is 654. The van der Waals surface area contributed by atoms with Crippen LogP contribution in [0.2, 0.25) is 0 Å². The normalized spacial score (nSPS) is 23.9. The van der Waals surface area contributed by atoms with Gasteiger partial charge in [-0.25, -0.2) is 9.59 Å². The van der Waals surface area contributed by atoms with Crippen LogP contribution in [0.3, 0.4) is 0 Å². The van der Waals surface area contributed by atoms with Gasteiger partial charge in [-0.15, -0.1) is 0 Å². The highest BCUT2D eigenvalue weighted by molar-refractivity contribution is 5.89. The van der Waals surface area contributed by atoms with Gasteiger partial charge < -0.3 is 14.6 Å². The highest BCUT2D eigenvalue weighted by Crippen LogP contribution is 2.23. The quantitative estimate of drug-likeness (QED) is 0.542. The Kier molecular flexibility index (Phi) is 2.42. The molecule has 3 rings (SSSR count). The standard InChI is InChI=1S/C11H8N2O5/c14-4-8-10(17-8)18-9(15)5-1-2-6-7(3-5)13-11(16)12-6/h1-3,8,10,14H,4H2. The van der Waals surface area contributed by atoms with E-state index >= 15 is 0 Å². The fraction of sp³-hybridized carbons (Fsp3) is 0.273. The summed E-state index contributed by atoms with van der Waals surface area (Å²) >= 11 is 0. The summed E-state index contributed by atoms with van der Waals surface area (Å²) < 4.78 is 9.84. The highest BCUT2D eigenvalue weighted by Gasteiger charge is 2.42. The Balaban J connectivity index is 1.80. The van der Waals surface area contributed by atoms with Crippen molar-refractivity contribution in [1.82, 2.24) is 0 Å². The molecule has 0 aromatic heterocycles. The molecule has 7 nitrogen and oxygen atoms in total. The zero-order valence-electron chi connectivity index (χ0n) is 9.07. The van der Waals surface area contributed by atoms with Gasteiger partial charge in [0, 0.05) is 0 Å². The number of rotatable bonds is 3. The third kappa shape index (κ3) is 1.89. The number of epoxide rings is 1. The SMILES string of the molecule is O=C1N=c2ccc(C(=O)OC3OC3CO)cc2=N1. The van der Waals surface area contributed by atoms with Crippen molar-refractivity contribution < 1.29 is 24.2 Å². The first-order chi connectivity index (χ1) is 8.67. The van der Waals surface area contributed by atoms with Gasteiger partial charge >= 0.3 is 12.0 Å². The van der Waals surface area contributed by atoms with Gasteiger partial charge in [-0.05, 0) is 18.2 Å². The number of benzene rings is 1. The van der Waals surface area contributed by atoms with Gasteiger partial charge in [-0.1, -0.05) is 0 Å². The van der Waals surface area contributed by atoms with E-state index in [1.54, 1.807) is 0 Å². The van der Waals surface area contributed by atoms with Crippen molar-refractivity contribution in [3.05, 3.63) is 34.5 Å². The number of carbonyl (C=O) groups is 2. The number of hydrogen-bond donors (Lipinski definition) is 1. The maximum atomic E-state index is 11.7. The Labute approximate surface area is 100 Å². The number of nitrogens with zero attached hydrogens (tertiary/aromatic N) is 2. The van der Waals surface area contributed by atoms with Crippen molar-refractivity contribution in [3.63, 3.8) is 0 Å². The number of aliphatic hydroxyl groups excluding tert-OH is 1. The van der Waals surface area contributed by atoms with E-state index in [4.69, 9.17) is 14.6 Å². The molecule has 2 heterocycles. The summed E-state index contributed by atoms with van der Waals surface area (Å²) in [7, 11) is 0. The van der Waals surface area contributed by atoms with E-state index in [2.05, 4.69) is 9.98 Å². The zero-order valence-corrected chi connectivity index (χ0v) is 9.07. The second-order valence-corrected chi connectivity index (χ2v) is 3.84. The average Bonchev–Trinajstić information content (AvgIpc) is 2.98. The highest BCUT2D eigenvalue weighted by atomic mass is 16.8. The summed E-state index contributed by atoms with van der Waals surface area (Å²) in [5, 5.41) is 9.52. The predicted octanol–water partition coefficient (Wildman–Crippen LogP) is -1.07. The lowest BCUT2D eigenvalue weighted by molar-refractivity contribution is 0.0296. The summed E-state index contributed by atoms with van der Waals surface area (Å²) in [4.78, 5) is 29.9. The van der Waals surface area contributed by atoms with Gasteiger partial charge in [0.15, 0.2) is 0 Å². The van der Waals surface area contributed by atoms with Crippen LogP contribution >= 0.6 is 0 Å². The molecule has 0 bridgehead atoms. The van der Waals surface area contributed by atoms with Crippen molar-refractivity contribution in [2.24, 2.45) is 9.98 Å². The zero-order chi connectivity index (χ0) is 12.7. The van der Waals surface area contributed by atoms with Crippen LogP contribution in [-0.2, 0) is 9.47 Å². The van der Waals surface area contributed by atoms with Gasteiger partial charge in [-0.3, -0.25) is 0 Å². The molecule has 7 heteroatoms. The molecule has 92 valence electrons. The van der Waals surface area contributed by atoms with Crippen molar-refractivity contribution in [3.8, 4) is 0 Å². The lowest BCUT2D eigenvalue weighted by Gasteiger charge is -2.00. The second-order valence-electron chi connectivity index (χ2n) is 3.84. The lowest BCUT2D eigenvalue weighted by atomic mass is 10.2. The lowest BCUT2D eigenvalue weighted by Crippen LogP contribution is -2.23. The van der Waals surface area contributed by atoms with E-state index < -0.39 is 24.4 Å². The first-order valence-electron chi connectivity index (χ1n) is 5.26. The first-order valence-corrected chi connectivity index (χ1v) is 5.26. The largest absolute Gasteiger partial charge is 0.429 e. The molecule has 0 aliphatic carbocycles. The fourth-order valence-corrected chi connectivity index (χ4v) is 1.60. The molecule has 2 amide bonds. The third-order valence-corrected chi connectivity index (χ3v) is 2.58. The molecule has 2 atom stereocenters. The molecule has 1 aromatic carbocycles. The van der Waals surface area contributed by atoms with Crippen LogP contribution in [0.25, 0.3) is 0 Å². The van der Waals surface area contributed by atoms with E-state index in [1.807, 2.05) is 0 Å². The number of hydrogen-bond acceptors (Lipinski definition) is 5. The van der Waals surface area contributed by atoms with Crippen LogP contribution in [0.1, 0.15) is 10.4 Å². The van der Waals surface area contributed by atoms with Gasteiger partial charge in [0.1, 0.15) is 6.10 Å². The van der Waals surface area contributed by atoms with Crippen molar-refractivity contribution in [2.75, 3.05) is 6.61 Å². The Morgan fingerprint density at radius 2 is 2.17 bits per heavy atom. The van der Waals surface area contributed by atoms with Crippen LogP contribution in [0.15, 0.2) is 28.2 Å². The molecule has 0 saturated carbocycles. The average molecular weight is 248 g/mol. The number of fused-ring (bicyclic) bond motifs is 1. The summed E-state index contributed by atoms with van der Waals surface area (Å²) in [6.45, 7) is -0.190. The minimum atomic E-state index is -0.695. The number of aliphatic hydroxyl groups is 1. The van der Waals surface area contributed by atoms with Crippen LogP contribution in [-0.4, -0.2) is 36.1 Å². The molecule has 2 unspecified atom stereocenters. The molecule has 2 aliphatic rings. The van der Waals surface area contributed by atoms with Crippen molar-refractivity contribution in [1.29, 1.82) is 0 Å². The maximum absolute atomic E-state index is 11.7. The van der Waals surface area contributed by atoms with Crippen LogP contribution in [0.4, 0.5) is 4.79 Å². The van der Waals surface area contributed by atoms with Crippen molar-refractivity contribution >= 4 is 12.0 Å². The molecule has 1 saturated heterocycles. The van der Waals surface area contributed by atoms with Gasteiger partial charge in [0.05, 0.1) is 22.9 Å². The fourth-order valence-electron chi connectivity index (χ4n) is 1.60. The number of esters is 1. The molecule has 0 radical (unpaired) electrons. The van der Waals surface area contributed by atoms with E-state index in [-0.39, 0.29) is 12.2 Å². The third-order valence-electron chi connectivity index (χ3n) is 2.58. The van der Waals surface area contributed by atoms with Crippen LogP contribution in [0, 0.1) is 0 Å². The molecule has 1 N–H and O–H groups in total. The van der Waals surface area contributed by atoms with Gasteiger partial charge in [0.25, 0.3) is 0 Å². The molecule has 2 aliphatic heterocycles. The Hall–Kier alpha value is -2.12. The first kappa shape index (κ1) is 11.0. The molecule has 1 aromatic rings. The predicted molar refractivity (Wildman–Crippen MR) is 55.3 cm³/mol. The van der Waals surface area contributed by atoms with Gasteiger partial charge in [-0.2, -0.15) is 9.98 Å². The number of amides is 2. The number of urea groups is 1. The Morgan fingerprint density at radius 1 is 1.39 bits per heavy atom. The van der Waals surface area contributed by atoms with Crippen LogP contribution in [0.5, 0.6) is 0 Å².